The van der Waals surface area contributed by atoms with E-state index in [0.29, 0.717) is 11.1 Å². The number of hydrogen-bond acceptors (Lipinski definition) is 3. The number of halogens is 3. The third-order valence-corrected chi connectivity index (χ3v) is 3.48. The predicted octanol–water partition coefficient (Wildman–Crippen LogP) is 3.42. The van der Waals surface area contributed by atoms with Crippen molar-refractivity contribution >= 4 is 5.97 Å². The normalized spacial score (nSPS) is 12.7. The van der Waals surface area contributed by atoms with E-state index in [4.69, 9.17) is 5.73 Å². The summed E-state index contributed by atoms with van der Waals surface area (Å²) >= 11 is 0. The maximum Gasteiger partial charge on any atom is 0.417 e. The maximum absolute atomic E-state index is 13.2. The van der Waals surface area contributed by atoms with Gasteiger partial charge in [0.15, 0.2) is 0 Å². The lowest BCUT2D eigenvalue weighted by Crippen LogP contribution is -2.33. The van der Waals surface area contributed by atoms with Crippen molar-refractivity contribution in [3.8, 4) is 11.1 Å². The van der Waals surface area contributed by atoms with Gasteiger partial charge >= 0.3 is 12.1 Å². The van der Waals surface area contributed by atoms with E-state index in [1.807, 2.05) is 0 Å². The molecule has 0 heterocycles. The standard InChI is InChI=1S/C17H16F3NO2/c1-23-16(22)15(21)10-11-6-2-3-7-12(11)13-8-4-5-9-14(13)17(18,19)20/h2-9,15H,10,21H2,1H3. The number of esters is 1. The third kappa shape index (κ3) is 3.90. The molecule has 2 aromatic rings. The second-order valence-corrected chi connectivity index (χ2v) is 5.03. The van der Waals surface area contributed by atoms with Crippen LogP contribution in [0.15, 0.2) is 48.5 Å². The van der Waals surface area contributed by atoms with Crippen LogP contribution in [0.25, 0.3) is 11.1 Å². The molecule has 0 amide bonds. The first-order valence-electron chi connectivity index (χ1n) is 6.92. The van der Waals surface area contributed by atoms with Gasteiger partial charge in [0.2, 0.25) is 0 Å². The molecule has 0 saturated carbocycles. The number of hydrogen-bond donors (Lipinski definition) is 1. The molecule has 122 valence electrons. The summed E-state index contributed by atoms with van der Waals surface area (Å²) in [6.45, 7) is 0. The monoisotopic (exact) mass is 323 g/mol. The quantitative estimate of drug-likeness (QED) is 0.877. The minimum Gasteiger partial charge on any atom is -0.468 e. The molecule has 2 aromatic carbocycles. The van der Waals surface area contributed by atoms with Crippen LogP contribution in [0.2, 0.25) is 0 Å². The number of carbonyl (C=O) groups is 1. The molecule has 0 bridgehead atoms. The first-order valence-corrected chi connectivity index (χ1v) is 6.92. The summed E-state index contributed by atoms with van der Waals surface area (Å²) in [5.74, 6) is -0.607. The van der Waals surface area contributed by atoms with Gasteiger partial charge in [0.05, 0.1) is 12.7 Å². The SMILES string of the molecule is COC(=O)C(N)Cc1ccccc1-c1ccccc1C(F)(F)F. The Labute approximate surface area is 131 Å². The van der Waals surface area contributed by atoms with Gasteiger partial charge in [-0.25, -0.2) is 0 Å². The summed E-state index contributed by atoms with van der Waals surface area (Å²) in [7, 11) is 1.22. The number of ether oxygens (including phenoxy) is 1. The molecule has 2 rings (SSSR count). The zero-order chi connectivity index (χ0) is 17.0. The van der Waals surface area contributed by atoms with Crippen LogP contribution in [0.3, 0.4) is 0 Å². The molecule has 1 unspecified atom stereocenters. The Morgan fingerprint density at radius 2 is 1.65 bits per heavy atom. The molecule has 1 atom stereocenters. The lowest BCUT2D eigenvalue weighted by Gasteiger charge is -2.17. The Bertz CT molecular complexity index is 698. The van der Waals surface area contributed by atoms with Gasteiger partial charge in [-0.15, -0.1) is 0 Å². The van der Waals surface area contributed by atoms with E-state index in [1.54, 1.807) is 30.3 Å². The van der Waals surface area contributed by atoms with Crippen LogP contribution in [0.4, 0.5) is 13.2 Å². The van der Waals surface area contributed by atoms with E-state index >= 15 is 0 Å². The van der Waals surface area contributed by atoms with E-state index in [9.17, 15) is 18.0 Å². The largest absolute Gasteiger partial charge is 0.468 e. The van der Waals surface area contributed by atoms with Crippen LogP contribution in [-0.2, 0) is 22.1 Å². The highest BCUT2D eigenvalue weighted by Gasteiger charge is 2.33. The smallest absolute Gasteiger partial charge is 0.417 e. The highest BCUT2D eigenvalue weighted by Crippen LogP contribution is 2.38. The number of alkyl halides is 3. The van der Waals surface area contributed by atoms with Crippen molar-refractivity contribution < 1.29 is 22.7 Å². The second-order valence-electron chi connectivity index (χ2n) is 5.03. The molecule has 6 heteroatoms. The van der Waals surface area contributed by atoms with Crippen LogP contribution in [0.1, 0.15) is 11.1 Å². The molecule has 0 aliphatic heterocycles. The van der Waals surface area contributed by atoms with E-state index in [2.05, 4.69) is 4.74 Å². The van der Waals surface area contributed by atoms with Crippen LogP contribution in [-0.4, -0.2) is 19.1 Å². The van der Waals surface area contributed by atoms with Crippen LogP contribution >= 0.6 is 0 Å². The molecule has 3 nitrogen and oxygen atoms in total. The van der Waals surface area contributed by atoms with Crippen molar-refractivity contribution in [1.29, 1.82) is 0 Å². The average Bonchev–Trinajstić information content (AvgIpc) is 2.53. The van der Waals surface area contributed by atoms with Crippen molar-refractivity contribution in [1.82, 2.24) is 0 Å². The second kappa shape index (κ2) is 6.83. The lowest BCUT2D eigenvalue weighted by atomic mass is 9.92. The van der Waals surface area contributed by atoms with Gasteiger partial charge in [-0.2, -0.15) is 13.2 Å². The molecule has 23 heavy (non-hydrogen) atoms. The molecule has 0 aliphatic carbocycles. The third-order valence-electron chi connectivity index (χ3n) is 3.48. The zero-order valence-corrected chi connectivity index (χ0v) is 12.4. The van der Waals surface area contributed by atoms with Gasteiger partial charge < -0.3 is 10.5 Å². The summed E-state index contributed by atoms with van der Waals surface area (Å²) in [5.41, 5.74) is 6.03. The van der Waals surface area contributed by atoms with E-state index in [-0.39, 0.29) is 12.0 Å². The van der Waals surface area contributed by atoms with E-state index in [1.165, 1.54) is 19.2 Å². The average molecular weight is 323 g/mol. The highest BCUT2D eigenvalue weighted by molar-refractivity contribution is 5.77. The zero-order valence-electron chi connectivity index (χ0n) is 12.4. The molecule has 0 aromatic heterocycles. The van der Waals surface area contributed by atoms with Crippen molar-refractivity contribution in [3.63, 3.8) is 0 Å². The van der Waals surface area contributed by atoms with Crippen molar-refractivity contribution in [3.05, 3.63) is 59.7 Å². The molecule has 0 radical (unpaired) electrons. The van der Waals surface area contributed by atoms with Crippen molar-refractivity contribution in [2.45, 2.75) is 18.6 Å². The molecule has 0 aliphatic rings. The summed E-state index contributed by atoms with van der Waals surface area (Å²) in [4.78, 5) is 11.5. The molecule has 0 spiro atoms. The first-order chi connectivity index (χ1) is 10.8. The first kappa shape index (κ1) is 17.0. The maximum atomic E-state index is 13.2. The number of carbonyl (C=O) groups excluding carboxylic acids is 1. The minimum atomic E-state index is -4.46. The fourth-order valence-corrected chi connectivity index (χ4v) is 2.40. The minimum absolute atomic E-state index is 0.0627. The van der Waals surface area contributed by atoms with Crippen LogP contribution in [0.5, 0.6) is 0 Å². The molecule has 0 saturated heterocycles. The molecule has 0 fully saturated rings. The number of benzene rings is 2. The van der Waals surface area contributed by atoms with Crippen molar-refractivity contribution in [2.24, 2.45) is 5.73 Å². The summed E-state index contributed by atoms with van der Waals surface area (Å²) in [5, 5.41) is 0. The van der Waals surface area contributed by atoms with Crippen molar-refractivity contribution in [2.75, 3.05) is 7.11 Å². The topological polar surface area (TPSA) is 52.3 Å². The van der Waals surface area contributed by atoms with Gasteiger partial charge in [0, 0.05) is 0 Å². The lowest BCUT2D eigenvalue weighted by molar-refractivity contribution is -0.142. The predicted molar refractivity (Wildman–Crippen MR) is 80.6 cm³/mol. The summed E-state index contributed by atoms with van der Waals surface area (Å²) < 4.78 is 44.2. The Hall–Kier alpha value is -2.34. The van der Waals surface area contributed by atoms with Gasteiger partial charge in [-0.1, -0.05) is 42.5 Å². The molecular weight excluding hydrogens is 307 g/mol. The van der Waals surface area contributed by atoms with Gasteiger partial charge in [0.25, 0.3) is 0 Å². The number of nitrogens with two attached hydrogens (primary N) is 1. The van der Waals surface area contributed by atoms with Gasteiger partial charge in [-0.05, 0) is 29.2 Å². The van der Waals surface area contributed by atoms with Crippen LogP contribution < -0.4 is 5.73 Å². The Kier molecular flexibility index (Phi) is 5.05. The Balaban J connectivity index is 2.48. The molecular formula is C17H16F3NO2. The number of rotatable bonds is 4. The van der Waals surface area contributed by atoms with Gasteiger partial charge in [-0.3, -0.25) is 4.79 Å². The van der Waals surface area contributed by atoms with E-state index < -0.39 is 23.8 Å². The fraction of sp³-hybridized carbons (Fsp3) is 0.235. The highest BCUT2D eigenvalue weighted by atomic mass is 19.4. The Morgan fingerprint density at radius 1 is 1.09 bits per heavy atom. The molecule has 2 N–H and O–H groups in total. The number of methoxy groups -OCH3 is 1. The summed E-state index contributed by atoms with van der Waals surface area (Å²) in [6, 6.07) is 11.0. The summed E-state index contributed by atoms with van der Waals surface area (Å²) in [6.07, 6.45) is -4.37. The Morgan fingerprint density at radius 3 is 2.26 bits per heavy atom. The fourth-order valence-electron chi connectivity index (χ4n) is 2.40. The van der Waals surface area contributed by atoms with Gasteiger partial charge in [0.1, 0.15) is 6.04 Å². The van der Waals surface area contributed by atoms with E-state index in [0.717, 1.165) is 6.07 Å². The van der Waals surface area contributed by atoms with Crippen LogP contribution in [0, 0.1) is 0 Å².